The summed E-state index contributed by atoms with van der Waals surface area (Å²) in [6, 6.07) is 11.4. The quantitative estimate of drug-likeness (QED) is 0.119. The van der Waals surface area contributed by atoms with Crippen LogP contribution < -0.4 is 0 Å². The topological polar surface area (TPSA) is 76.4 Å². The number of hydrogen-bond acceptors (Lipinski definition) is 5. The van der Waals surface area contributed by atoms with Crippen LogP contribution >= 0.6 is 0 Å². The highest BCUT2D eigenvalue weighted by atomic mass is 16.6. The molecule has 0 aliphatic rings. The highest BCUT2D eigenvalue weighted by Gasteiger charge is 2.49. The summed E-state index contributed by atoms with van der Waals surface area (Å²) in [7, 11) is 0. The van der Waals surface area contributed by atoms with Crippen LogP contribution in [0.25, 0.3) is 6.08 Å². The number of hydrogen-bond donors (Lipinski definition) is 0. The van der Waals surface area contributed by atoms with Gasteiger partial charge in [0.1, 0.15) is 24.9 Å². The Morgan fingerprint density at radius 1 is 0.970 bits per heavy atom. The lowest BCUT2D eigenvalue weighted by atomic mass is 9.58. The number of ether oxygens (including phenoxy) is 2. The third-order valence-electron chi connectivity index (χ3n) is 6.86. The first-order chi connectivity index (χ1) is 15.4. The van der Waals surface area contributed by atoms with E-state index in [0.717, 1.165) is 18.4 Å². The molecule has 0 aliphatic carbocycles. The van der Waals surface area contributed by atoms with Gasteiger partial charge in [0.15, 0.2) is 0 Å². The van der Waals surface area contributed by atoms with E-state index in [0.29, 0.717) is 6.42 Å². The summed E-state index contributed by atoms with van der Waals surface area (Å²) in [6.45, 7) is 14.5. The molecule has 0 saturated carbocycles. The highest BCUT2D eigenvalue weighted by molar-refractivity contribution is 5.93. The molecule has 0 amide bonds. The van der Waals surface area contributed by atoms with E-state index in [2.05, 4.69) is 41.5 Å². The van der Waals surface area contributed by atoms with Crippen molar-refractivity contribution in [3.63, 3.8) is 0 Å². The summed E-state index contributed by atoms with van der Waals surface area (Å²) in [5.41, 5.74) is -0.0992. The van der Waals surface area contributed by atoms with Crippen molar-refractivity contribution in [3.8, 4) is 6.07 Å². The van der Waals surface area contributed by atoms with Gasteiger partial charge >= 0.3 is 11.9 Å². The van der Waals surface area contributed by atoms with Crippen LogP contribution in [-0.4, -0.2) is 25.2 Å². The number of nitriles is 1. The number of carbonyl (C=O) groups excluding carboxylic acids is 2. The zero-order valence-electron chi connectivity index (χ0n) is 21.2. The van der Waals surface area contributed by atoms with Gasteiger partial charge in [0.25, 0.3) is 0 Å². The van der Waals surface area contributed by atoms with Gasteiger partial charge in [-0.25, -0.2) is 4.79 Å². The minimum atomic E-state index is -0.741. The van der Waals surface area contributed by atoms with Crippen molar-refractivity contribution in [1.82, 2.24) is 0 Å². The van der Waals surface area contributed by atoms with Gasteiger partial charge in [-0.1, -0.05) is 90.4 Å². The van der Waals surface area contributed by atoms with Crippen LogP contribution in [0.4, 0.5) is 0 Å². The van der Waals surface area contributed by atoms with E-state index in [1.165, 1.54) is 6.08 Å². The molecule has 0 spiro atoms. The third kappa shape index (κ3) is 8.20. The molecule has 1 rings (SSSR count). The second-order valence-corrected chi connectivity index (χ2v) is 10.00. The fourth-order valence-electron chi connectivity index (χ4n) is 3.54. The van der Waals surface area contributed by atoms with E-state index in [-0.39, 0.29) is 35.6 Å². The molecule has 1 aromatic carbocycles. The van der Waals surface area contributed by atoms with Crippen molar-refractivity contribution in [3.05, 3.63) is 53.6 Å². The monoisotopic (exact) mass is 453 g/mol. The van der Waals surface area contributed by atoms with E-state index < -0.39 is 11.4 Å². The van der Waals surface area contributed by atoms with Crippen LogP contribution in [0.3, 0.4) is 0 Å². The molecule has 0 aromatic heterocycles. The molecule has 1 unspecified atom stereocenters. The summed E-state index contributed by atoms with van der Waals surface area (Å²) in [6.07, 6.45) is 7.32. The largest absolute Gasteiger partial charge is 0.462 e. The SMILES string of the molecule is CCC(C)(C)CC(C)(C(=O)OCCOC(=O)/C(C#N)=C/C=C/c1ccccc1)C(C)(C)CC. The molecule has 0 N–H and O–H groups in total. The Bertz CT molecular complexity index is 890. The zero-order chi connectivity index (χ0) is 25.1. The van der Waals surface area contributed by atoms with Gasteiger partial charge < -0.3 is 9.47 Å². The Morgan fingerprint density at radius 3 is 2.12 bits per heavy atom. The number of benzene rings is 1. The molecule has 33 heavy (non-hydrogen) atoms. The highest BCUT2D eigenvalue weighted by Crippen LogP contribution is 2.50. The first-order valence-electron chi connectivity index (χ1n) is 11.6. The van der Waals surface area contributed by atoms with E-state index in [4.69, 9.17) is 9.47 Å². The Balaban J connectivity index is 2.71. The average molecular weight is 454 g/mol. The van der Waals surface area contributed by atoms with Crippen molar-refractivity contribution in [2.45, 2.75) is 67.7 Å². The fraction of sp³-hybridized carbons (Fsp3) is 0.536. The first-order valence-corrected chi connectivity index (χ1v) is 11.6. The molecule has 0 saturated heterocycles. The Kier molecular flexibility index (Phi) is 10.6. The Labute approximate surface area is 199 Å². The molecule has 180 valence electrons. The van der Waals surface area contributed by atoms with Gasteiger partial charge in [-0.15, -0.1) is 0 Å². The summed E-state index contributed by atoms with van der Waals surface area (Å²) in [5.74, 6) is -1.02. The normalized spacial score (nSPS) is 14.4. The van der Waals surface area contributed by atoms with E-state index in [9.17, 15) is 14.9 Å². The molecule has 1 atom stereocenters. The maximum atomic E-state index is 13.1. The van der Waals surface area contributed by atoms with Gasteiger partial charge in [-0.05, 0) is 42.2 Å². The van der Waals surface area contributed by atoms with Crippen molar-refractivity contribution < 1.29 is 19.1 Å². The minimum Gasteiger partial charge on any atom is -0.462 e. The number of esters is 2. The van der Waals surface area contributed by atoms with Crippen LogP contribution in [-0.2, 0) is 19.1 Å². The van der Waals surface area contributed by atoms with Crippen molar-refractivity contribution in [1.29, 1.82) is 5.26 Å². The van der Waals surface area contributed by atoms with Gasteiger partial charge in [-0.2, -0.15) is 5.26 Å². The standard InChI is InChI=1S/C28H39NO4/c1-8-26(3,4)21-28(7,27(5,6)9-2)25(31)33-19-18-32-24(30)23(20-29)17-13-16-22-14-11-10-12-15-22/h10-17H,8-9,18-19,21H2,1-7H3/b16-13+,23-17+. The van der Waals surface area contributed by atoms with Crippen LogP contribution in [0.1, 0.15) is 73.3 Å². The van der Waals surface area contributed by atoms with Crippen molar-refractivity contribution >= 4 is 18.0 Å². The maximum absolute atomic E-state index is 13.1. The average Bonchev–Trinajstić information content (AvgIpc) is 2.79. The first kappa shape index (κ1) is 28.2. The molecule has 5 nitrogen and oxygen atoms in total. The molecule has 5 heteroatoms. The molecular formula is C28H39NO4. The number of nitrogens with zero attached hydrogens (tertiary/aromatic N) is 1. The lowest BCUT2D eigenvalue weighted by Gasteiger charge is -2.45. The lowest BCUT2D eigenvalue weighted by Crippen LogP contribution is -2.46. The van der Waals surface area contributed by atoms with Crippen molar-refractivity contribution in [2.24, 2.45) is 16.2 Å². The van der Waals surface area contributed by atoms with E-state index in [1.807, 2.05) is 43.3 Å². The van der Waals surface area contributed by atoms with Crippen LogP contribution in [0.2, 0.25) is 0 Å². The van der Waals surface area contributed by atoms with Gasteiger partial charge in [0.2, 0.25) is 0 Å². The fourth-order valence-corrected chi connectivity index (χ4v) is 3.54. The third-order valence-corrected chi connectivity index (χ3v) is 6.86. The van der Waals surface area contributed by atoms with Gasteiger partial charge in [0.05, 0.1) is 5.41 Å². The summed E-state index contributed by atoms with van der Waals surface area (Å²) < 4.78 is 10.7. The summed E-state index contributed by atoms with van der Waals surface area (Å²) in [5, 5.41) is 9.25. The molecule has 0 fully saturated rings. The number of carbonyl (C=O) groups is 2. The van der Waals surface area contributed by atoms with Gasteiger partial charge in [0, 0.05) is 0 Å². The van der Waals surface area contributed by atoms with Crippen LogP contribution in [0.5, 0.6) is 0 Å². The van der Waals surface area contributed by atoms with Gasteiger partial charge in [-0.3, -0.25) is 4.79 Å². The number of allylic oxidation sites excluding steroid dienone is 2. The maximum Gasteiger partial charge on any atom is 0.349 e. The number of rotatable bonds is 12. The summed E-state index contributed by atoms with van der Waals surface area (Å²) >= 11 is 0. The summed E-state index contributed by atoms with van der Waals surface area (Å²) in [4.78, 5) is 25.3. The molecule has 0 radical (unpaired) electrons. The molecule has 0 bridgehead atoms. The second-order valence-electron chi connectivity index (χ2n) is 10.00. The van der Waals surface area contributed by atoms with E-state index >= 15 is 0 Å². The van der Waals surface area contributed by atoms with Crippen LogP contribution in [0.15, 0.2) is 48.1 Å². The Hall–Kier alpha value is -2.87. The van der Waals surface area contributed by atoms with E-state index in [1.54, 1.807) is 12.2 Å². The minimum absolute atomic E-state index is 0.00751. The smallest absolute Gasteiger partial charge is 0.349 e. The molecule has 1 aromatic rings. The zero-order valence-corrected chi connectivity index (χ0v) is 21.2. The van der Waals surface area contributed by atoms with Crippen molar-refractivity contribution in [2.75, 3.05) is 13.2 Å². The second kappa shape index (κ2) is 12.4. The predicted octanol–water partition coefficient (Wildman–Crippen LogP) is 6.50. The predicted molar refractivity (Wildman–Crippen MR) is 132 cm³/mol. The molecular weight excluding hydrogens is 414 g/mol. The molecule has 0 aliphatic heterocycles. The van der Waals surface area contributed by atoms with Crippen LogP contribution in [0, 0.1) is 27.6 Å². The molecule has 0 heterocycles. The Morgan fingerprint density at radius 2 is 1.58 bits per heavy atom. The lowest BCUT2D eigenvalue weighted by molar-refractivity contribution is -0.169.